The molecule has 0 saturated carbocycles. The Morgan fingerprint density at radius 3 is 2.92 bits per heavy atom. The average Bonchev–Trinajstić information content (AvgIpc) is 2.00. The van der Waals surface area contributed by atoms with Gasteiger partial charge in [-0.25, -0.2) is 5.84 Å². The van der Waals surface area contributed by atoms with Crippen molar-refractivity contribution in [1.82, 2.24) is 5.43 Å². The Labute approximate surface area is 71.2 Å². The van der Waals surface area contributed by atoms with Crippen LogP contribution < -0.4 is 11.3 Å². The number of ether oxygens (including phenoxy) is 2. The second-order valence-electron chi connectivity index (χ2n) is 2.70. The molecule has 1 saturated heterocycles. The predicted molar refractivity (Wildman–Crippen MR) is 42.1 cm³/mol. The highest BCUT2D eigenvalue weighted by Crippen LogP contribution is 2.05. The van der Waals surface area contributed by atoms with Gasteiger partial charge in [-0.05, 0) is 6.42 Å². The third kappa shape index (κ3) is 3.17. The Balaban J connectivity index is 1.85. The lowest BCUT2D eigenvalue weighted by atomic mass is 10.3. The van der Waals surface area contributed by atoms with Gasteiger partial charge in [0.2, 0.25) is 5.91 Å². The number of hydrogen-bond donors (Lipinski definition) is 2. The number of nitrogens with two attached hydrogens (primary N) is 1. The molecule has 1 rings (SSSR count). The molecule has 0 radical (unpaired) electrons. The molecule has 5 nitrogen and oxygen atoms in total. The molecule has 0 aliphatic carbocycles. The molecule has 0 atom stereocenters. The van der Waals surface area contributed by atoms with Crippen molar-refractivity contribution in [3.05, 3.63) is 0 Å². The van der Waals surface area contributed by atoms with Crippen molar-refractivity contribution < 1.29 is 14.3 Å². The van der Waals surface area contributed by atoms with Crippen LogP contribution in [0.3, 0.4) is 0 Å². The van der Waals surface area contributed by atoms with Crippen LogP contribution in [-0.4, -0.2) is 31.8 Å². The molecule has 0 unspecified atom stereocenters. The zero-order valence-corrected chi connectivity index (χ0v) is 6.91. The number of carbonyl (C=O) groups excluding carboxylic acids is 1. The molecule has 70 valence electrons. The quantitative estimate of drug-likeness (QED) is 0.247. The normalized spacial score (nSPS) is 17.1. The van der Waals surface area contributed by atoms with Gasteiger partial charge < -0.3 is 9.47 Å². The van der Waals surface area contributed by atoms with Crippen LogP contribution in [0, 0.1) is 0 Å². The smallest absolute Gasteiger partial charge is 0.233 e. The first-order chi connectivity index (χ1) is 5.83. The summed E-state index contributed by atoms with van der Waals surface area (Å²) in [5.41, 5.74) is 2.06. The highest BCUT2D eigenvalue weighted by Gasteiger charge is 2.18. The van der Waals surface area contributed by atoms with Crippen LogP contribution in [-0.2, 0) is 14.3 Å². The number of carbonyl (C=O) groups is 1. The summed E-state index contributed by atoms with van der Waals surface area (Å²) < 4.78 is 10.2. The molecule has 5 heteroatoms. The van der Waals surface area contributed by atoms with E-state index in [9.17, 15) is 4.79 Å². The standard InChI is InChI=1S/C7H14N2O3/c8-9-7(10)2-1-3-12-6-4-11-5-6/h6H,1-5,8H2,(H,9,10). The number of amides is 1. The topological polar surface area (TPSA) is 73.6 Å². The summed E-state index contributed by atoms with van der Waals surface area (Å²) in [5, 5.41) is 0. The van der Waals surface area contributed by atoms with E-state index in [-0.39, 0.29) is 12.0 Å². The van der Waals surface area contributed by atoms with E-state index in [1.54, 1.807) is 0 Å². The Hall–Kier alpha value is -0.650. The first kappa shape index (κ1) is 9.44. The van der Waals surface area contributed by atoms with E-state index in [0.717, 1.165) is 0 Å². The Morgan fingerprint density at radius 2 is 2.42 bits per heavy atom. The van der Waals surface area contributed by atoms with Gasteiger partial charge in [-0.3, -0.25) is 10.2 Å². The summed E-state index contributed by atoms with van der Waals surface area (Å²) in [7, 11) is 0. The molecule has 1 amide bonds. The maximum absolute atomic E-state index is 10.6. The molecule has 1 fully saturated rings. The minimum Gasteiger partial charge on any atom is -0.376 e. The second kappa shape index (κ2) is 5.08. The molecule has 0 spiro atoms. The summed E-state index contributed by atoms with van der Waals surface area (Å²) in [4.78, 5) is 10.6. The van der Waals surface area contributed by atoms with Crippen molar-refractivity contribution in [2.45, 2.75) is 18.9 Å². The summed E-state index contributed by atoms with van der Waals surface area (Å²) in [6.45, 7) is 1.97. The summed E-state index contributed by atoms with van der Waals surface area (Å²) in [5.74, 6) is 4.74. The van der Waals surface area contributed by atoms with E-state index in [2.05, 4.69) is 5.43 Å². The van der Waals surface area contributed by atoms with Gasteiger partial charge in [0.25, 0.3) is 0 Å². The molecule has 0 bridgehead atoms. The molecule has 1 heterocycles. The van der Waals surface area contributed by atoms with Crippen molar-refractivity contribution in [3.63, 3.8) is 0 Å². The van der Waals surface area contributed by atoms with Gasteiger partial charge in [0.15, 0.2) is 0 Å². The molecule has 0 aromatic heterocycles. The van der Waals surface area contributed by atoms with Gasteiger partial charge in [0.05, 0.1) is 13.2 Å². The van der Waals surface area contributed by atoms with Gasteiger partial charge in [-0.15, -0.1) is 0 Å². The highest BCUT2D eigenvalue weighted by molar-refractivity contribution is 5.75. The van der Waals surface area contributed by atoms with Gasteiger partial charge >= 0.3 is 0 Å². The van der Waals surface area contributed by atoms with Gasteiger partial charge in [0.1, 0.15) is 6.10 Å². The lowest BCUT2D eigenvalue weighted by molar-refractivity contribution is -0.132. The zero-order valence-electron chi connectivity index (χ0n) is 6.91. The third-order valence-electron chi connectivity index (χ3n) is 1.67. The van der Waals surface area contributed by atoms with E-state index in [1.807, 2.05) is 0 Å². The van der Waals surface area contributed by atoms with Crippen molar-refractivity contribution in [3.8, 4) is 0 Å². The monoisotopic (exact) mass is 174 g/mol. The summed E-state index contributed by atoms with van der Waals surface area (Å²) >= 11 is 0. The van der Waals surface area contributed by atoms with Crippen molar-refractivity contribution in [2.24, 2.45) is 5.84 Å². The second-order valence-corrected chi connectivity index (χ2v) is 2.70. The Kier molecular flexibility index (Phi) is 3.99. The molecule has 12 heavy (non-hydrogen) atoms. The van der Waals surface area contributed by atoms with E-state index in [0.29, 0.717) is 32.7 Å². The van der Waals surface area contributed by atoms with Crippen LogP contribution in [0.15, 0.2) is 0 Å². The number of hydrazine groups is 1. The maximum Gasteiger partial charge on any atom is 0.233 e. The fourth-order valence-corrected chi connectivity index (χ4v) is 0.865. The van der Waals surface area contributed by atoms with Crippen LogP contribution in [0.4, 0.5) is 0 Å². The molecule has 1 aliphatic rings. The molecular weight excluding hydrogens is 160 g/mol. The largest absolute Gasteiger partial charge is 0.376 e. The fourth-order valence-electron chi connectivity index (χ4n) is 0.865. The van der Waals surface area contributed by atoms with E-state index in [4.69, 9.17) is 15.3 Å². The van der Waals surface area contributed by atoms with Gasteiger partial charge in [-0.2, -0.15) is 0 Å². The van der Waals surface area contributed by atoms with Crippen LogP contribution in [0.2, 0.25) is 0 Å². The SMILES string of the molecule is NNC(=O)CCCOC1COC1. The first-order valence-electron chi connectivity index (χ1n) is 4.01. The molecule has 0 aromatic rings. The molecule has 1 aliphatic heterocycles. The van der Waals surface area contributed by atoms with E-state index < -0.39 is 0 Å². The van der Waals surface area contributed by atoms with Crippen LogP contribution >= 0.6 is 0 Å². The lowest BCUT2D eigenvalue weighted by Crippen LogP contribution is -2.36. The van der Waals surface area contributed by atoms with E-state index in [1.165, 1.54) is 0 Å². The van der Waals surface area contributed by atoms with Crippen molar-refractivity contribution in [2.75, 3.05) is 19.8 Å². The molecule has 0 aromatic carbocycles. The minimum absolute atomic E-state index is 0.150. The number of rotatable bonds is 5. The molecule has 3 N–H and O–H groups in total. The Bertz CT molecular complexity index is 148. The third-order valence-corrected chi connectivity index (χ3v) is 1.67. The van der Waals surface area contributed by atoms with Crippen molar-refractivity contribution in [1.29, 1.82) is 0 Å². The van der Waals surface area contributed by atoms with Crippen LogP contribution in [0.1, 0.15) is 12.8 Å². The van der Waals surface area contributed by atoms with Gasteiger partial charge in [0, 0.05) is 13.0 Å². The van der Waals surface area contributed by atoms with Gasteiger partial charge in [-0.1, -0.05) is 0 Å². The predicted octanol–water partition coefficient (Wildman–Crippen LogP) is -0.828. The van der Waals surface area contributed by atoms with Crippen LogP contribution in [0.25, 0.3) is 0 Å². The van der Waals surface area contributed by atoms with Crippen LogP contribution in [0.5, 0.6) is 0 Å². The lowest BCUT2D eigenvalue weighted by Gasteiger charge is -2.25. The number of nitrogens with one attached hydrogen (secondary N) is 1. The van der Waals surface area contributed by atoms with Crippen molar-refractivity contribution >= 4 is 5.91 Å². The maximum atomic E-state index is 10.6. The minimum atomic E-state index is -0.150. The highest BCUT2D eigenvalue weighted by atomic mass is 16.6. The Morgan fingerprint density at radius 1 is 1.67 bits per heavy atom. The molecular formula is C7H14N2O3. The first-order valence-corrected chi connectivity index (χ1v) is 4.01. The van der Waals surface area contributed by atoms with E-state index >= 15 is 0 Å². The zero-order chi connectivity index (χ0) is 8.81. The average molecular weight is 174 g/mol. The number of hydrogen-bond acceptors (Lipinski definition) is 4. The summed E-state index contributed by atoms with van der Waals surface area (Å²) in [6, 6.07) is 0. The summed E-state index contributed by atoms with van der Waals surface area (Å²) in [6.07, 6.45) is 1.37. The fraction of sp³-hybridized carbons (Fsp3) is 0.857.